The third-order valence-corrected chi connectivity index (χ3v) is 10.7. The van der Waals surface area contributed by atoms with Gasteiger partial charge in [-0.2, -0.15) is 0 Å². The van der Waals surface area contributed by atoms with Crippen LogP contribution in [0.15, 0.2) is 18.7 Å². The first-order valence-corrected chi connectivity index (χ1v) is 12.7. The summed E-state index contributed by atoms with van der Waals surface area (Å²) < 4.78 is 45.8. The van der Waals surface area contributed by atoms with E-state index in [9.17, 15) is 38.3 Å². The van der Waals surface area contributed by atoms with Crippen LogP contribution in [-0.2, 0) is 31.3 Å². The van der Waals surface area contributed by atoms with Gasteiger partial charge < -0.3 is 58.5 Å². The standard InChI is InChI=1S/C7H16N2O14P4/c10-6(24(12,13)14,25(15,16)17)3-8-1-2-9(5-8)4-7(11,26(18,19)20)27(21,22)23/h1-2,5,10-11H,3-4H2,(H7-,12,13,14,15,16,17,18,19,20,21,22,23)/p-1. The molecule has 0 saturated heterocycles. The molecular formula is C7H15N2O14P4-. The molecule has 0 saturated carbocycles. The number of aliphatic hydroxyl groups is 2. The minimum Gasteiger partial charge on any atom is -0.776 e. The molecule has 0 fully saturated rings. The van der Waals surface area contributed by atoms with Gasteiger partial charge in [-0.15, -0.1) is 0 Å². The van der Waals surface area contributed by atoms with Gasteiger partial charge in [-0.3, -0.25) is 9.13 Å². The van der Waals surface area contributed by atoms with E-state index in [-0.39, 0.29) is 0 Å². The Bertz CT molecular complexity index is 771. The van der Waals surface area contributed by atoms with Crippen molar-refractivity contribution in [3.8, 4) is 0 Å². The molecule has 1 aromatic heterocycles. The average molecular weight is 475 g/mol. The molecule has 16 nitrogen and oxygen atoms in total. The molecule has 0 amide bonds. The maximum atomic E-state index is 11.3. The van der Waals surface area contributed by atoms with Gasteiger partial charge in [0.25, 0.3) is 0 Å². The molecule has 158 valence electrons. The molecule has 0 aromatic carbocycles. The first-order chi connectivity index (χ1) is 11.7. The zero-order valence-electron chi connectivity index (χ0n) is 12.9. The van der Waals surface area contributed by atoms with Crippen molar-refractivity contribution in [1.82, 2.24) is 4.57 Å². The van der Waals surface area contributed by atoms with Gasteiger partial charge in [-0.05, 0) is 0 Å². The van der Waals surface area contributed by atoms with Gasteiger partial charge in [-0.1, -0.05) is 0 Å². The maximum absolute atomic E-state index is 11.3. The molecule has 0 aliphatic heterocycles. The highest BCUT2D eigenvalue weighted by atomic mass is 31.2. The molecule has 0 bridgehead atoms. The number of aromatic nitrogens is 2. The Morgan fingerprint density at radius 1 is 0.852 bits per heavy atom. The van der Waals surface area contributed by atoms with E-state index < -0.39 is 53.6 Å². The molecule has 1 rings (SSSR count). The van der Waals surface area contributed by atoms with E-state index in [1.807, 2.05) is 0 Å². The van der Waals surface area contributed by atoms with Crippen LogP contribution >= 0.6 is 30.4 Å². The first kappa shape index (κ1) is 24.8. The second-order valence-corrected chi connectivity index (χ2v) is 13.4. The number of hydrogen-bond donors (Lipinski definition) is 8. The van der Waals surface area contributed by atoms with Gasteiger partial charge in [0.2, 0.25) is 11.4 Å². The van der Waals surface area contributed by atoms with Crippen molar-refractivity contribution >= 4 is 30.4 Å². The van der Waals surface area contributed by atoms with Gasteiger partial charge in [0.05, 0.1) is 0 Å². The van der Waals surface area contributed by atoms with Gasteiger partial charge in [0, 0.05) is 0 Å². The second-order valence-electron chi connectivity index (χ2n) is 5.44. The zero-order chi connectivity index (χ0) is 21.7. The normalized spacial score (nSPS) is 20.5. The summed E-state index contributed by atoms with van der Waals surface area (Å²) >= 11 is 0. The predicted molar refractivity (Wildman–Crippen MR) is 78.3 cm³/mol. The average Bonchev–Trinajstić information content (AvgIpc) is 2.80. The monoisotopic (exact) mass is 475 g/mol. The fourth-order valence-electron chi connectivity index (χ4n) is 1.81. The van der Waals surface area contributed by atoms with Crippen molar-refractivity contribution in [2.24, 2.45) is 0 Å². The minimum absolute atomic E-state index is 0.474. The third-order valence-electron chi connectivity index (χ3n) is 3.37. The molecule has 0 aliphatic carbocycles. The smallest absolute Gasteiger partial charge is 0.373 e. The van der Waals surface area contributed by atoms with E-state index >= 15 is 0 Å². The highest BCUT2D eigenvalue weighted by molar-refractivity contribution is 7.72. The van der Waals surface area contributed by atoms with Crippen molar-refractivity contribution in [1.29, 1.82) is 0 Å². The van der Waals surface area contributed by atoms with Crippen LogP contribution < -0.4 is 14.4 Å². The summed E-state index contributed by atoms with van der Waals surface area (Å²) in [5.74, 6) is 0. The number of imidazole rings is 1. The van der Waals surface area contributed by atoms with E-state index in [4.69, 9.17) is 29.4 Å². The summed E-state index contributed by atoms with van der Waals surface area (Å²) in [5.41, 5.74) is 0. The van der Waals surface area contributed by atoms with Crippen LogP contribution in [0.5, 0.6) is 0 Å². The van der Waals surface area contributed by atoms with Crippen LogP contribution in [0, 0.1) is 0 Å². The molecule has 1 aromatic rings. The van der Waals surface area contributed by atoms with Crippen molar-refractivity contribution < 1.29 is 72.2 Å². The minimum atomic E-state index is -6.11. The number of rotatable bonds is 8. The third kappa shape index (κ3) is 4.84. The zero-order valence-corrected chi connectivity index (χ0v) is 16.4. The van der Waals surface area contributed by atoms with E-state index in [1.165, 1.54) is 0 Å². The summed E-state index contributed by atoms with van der Waals surface area (Å²) in [6.45, 7) is -2.96. The lowest BCUT2D eigenvalue weighted by atomic mass is 10.6. The molecule has 1 heterocycles. The molecule has 0 spiro atoms. The number of nitrogens with zero attached hydrogens (tertiary/aromatic N) is 2. The lowest BCUT2D eigenvalue weighted by Gasteiger charge is -2.40. The quantitative estimate of drug-likeness (QED) is 0.130. The largest absolute Gasteiger partial charge is 0.776 e. The fourth-order valence-corrected chi connectivity index (χ4v) is 5.82. The topological polar surface area (TPSA) is 285 Å². The Morgan fingerprint density at radius 3 is 1.59 bits per heavy atom. The van der Waals surface area contributed by atoms with Gasteiger partial charge >= 0.3 is 20.3 Å². The predicted octanol–water partition coefficient (Wildman–Crippen LogP) is -4.49. The van der Waals surface area contributed by atoms with E-state index in [0.717, 1.165) is 12.4 Å². The summed E-state index contributed by atoms with van der Waals surface area (Å²) in [6.07, 6.45) is 2.08. The van der Waals surface area contributed by atoms with Crippen molar-refractivity contribution in [3.05, 3.63) is 18.7 Å². The van der Waals surface area contributed by atoms with Gasteiger partial charge in [0.15, 0.2) is 15.2 Å². The summed E-state index contributed by atoms with van der Waals surface area (Å²) in [4.78, 5) is 76.2. The van der Waals surface area contributed by atoms with Crippen LogP contribution in [0.25, 0.3) is 0 Å². The lowest BCUT2D eigenvalue weighted by Crippen LogP contribution is -2.47. The van der Waals surface area contributed by atoms with Crippen LogP contribution in [0.4, 0.5) is 0 Å². The molecule has 20 heteroatoms. The molecule has 2 atom stereocenters. The maximum Gasteiger partial charge on any atom is 0.373 e. The molecular weight excluding hydrogens is 460 g/mol. The Kier molecular flexibility index (Phi) is 6.61. The van der Waals surface area contributed by atoms with Crippen molar-refractivity contribution in [2.45, 2.75) is 23.3 Å². The first-order valence-electron chi connectivity index (χ1n) is 6.34. The number of hydrogen-bond acceptors (Lipinski definition) is 8. The summed E-state index contributed by atoms with van der Waals surface area (Å²) in [5, 5.41) is 11.5. The highest BCUT2D eigenvalue weighted by Gasteiger charge is 2.61. The molecule has 27 heavy (non-hydrogen) atoms. The van der Waals surface area contributed by atoms with Crippen molar-refractivity contribution in [3.63, 3.8) is 0 Å². The van der Waals surface area contributed by atoms with Crippen LogP contribution in [0.1, 0.15) is 0 Å². The SMILES string of the molecule is O=P([O-])(O)C(O)(Cn1cc[n+](CC(O)(P(=O)(O)O)P(=O)(O)O)c1)P(=O)([O-])O. The summed E-state index contributed by atoms with van der Waals surface area (Å²) in [6, 6.07) is 0. The van der Waals surface area contributed by atoms with Crippen LogP contribution in [0.3, 0.4) is 0 Å². The molecule has 8 N–H and O–H groups in total. The highest BCUT2D eigenvalue weighted by Crippen LogP contribution is 2.67. The van der Waals surface area contributed by atoms with E-state index in [2.05, 4.69) is 0 Å². The fraction of sp³-hybridized carbons (Fsp3) is 0.571. The van der Waals surface area contributed by atoms with E-state index in [0.29, 0.717) is 15.5 Å². The van der Waals surface area contributed by atoms with Gasteiger partial charge in [-0.25, -0.2) is 9.13 Å². The van der Waals surface area contributed by atoms with Crippen molar-refractivity contribution in [2.75, 3.05) is 0 Å². The van der Waals surface area contributed by atoms with E-state index in [1.54, 1.807) is 0 Å². The lowest BCUT2D eigenvalue weighted by molar-refractivity contribution is -0.703. The Hall–Kier alpha value is -0.270. The summed E-state index contributed by atoms with van der Waals surface area (Å²) in [7, 11) is -23.8. The van der Waals surface area contributed by atoms with Gasteiger partial charge in [0.1, 0.15) is 25.5 Å². The molecule has 0 aliphatic rings. The second kappa shape index (κ2) is 7.21. The molecule has 2 unspecified atom stereocenters. The van der Waals surface area contributed by atoms with Crippen LogP contribution in [-0.4, -0.2) is 54.3 Å². The van der Waals surface area contributed by atoms with Crippen LogP contribution in [0.2, 0.25) is 0 Å². The molecule has 0 radical (unpaired) electrons. The Balaban J connectivity index is 3.29. The Labute approximate surface area is 150 Å². The Morgan fingerprint density at radius 2 is 1.26 bits per heavy atom.